The van der Waals surface area contributed by atoms with Crippen LogP contribution in [0.25, 0.3) is 17.4 Å². The normalized spacial score (nSPS) is 10.4. The first-order chi connectivity index (χ1) is 9.94. The maximum atomic E-state index is 11.2. The van der Waals surface area contributed by atoms with E-state index in [4.69, 9.17) is 20.1 Å². The van der Waals surface area contributed by atoms with Gasteiger partial charge in [0, 0.05) is 11.6 Å². The van der Waals surface area contributed by atoms with Crippen molar-refractivity contribution in [3.63, 3.8) is 0 Å². The van der Waals surface area contributed by atoms with Gasteiger partial charge in [-0.1, -0.05) is 0 Å². The second kappa shape index (κ2) is 5.63. The summed E-state index contributed by atoms with van der Waals surface area (Å²) < 4.78 is 27.8. The molecule has 0 aliphatic heterocycles. The molecule has 0 aliphatic rings. The Bertz CT molecular complexity index is 863. The molecule has 6 nitrogen and oxygen atoms in total. The van der Waals surface area contributed by atoms with Crippen molar-refractivity contribution in [2.24, 2.45) is 5.14 Å². The van der Waals surface area contributed by atoms with Crippen molar-refractivity contribution in [3.05, 3.63) is 47.7 Å². The van der Waals surface area contributed by atoms with Crippen molar-refractivity contribution < 1.29 is 12.8 Å². The van der Waals surface area contributed by atoms with Crippen molar-refractivity contribution in [3.8, 4) is 23.5 Å². The third-order valence-corrected chi connectivity index (χ3v) is 3.55. The molecule has 0 spiro atoms. The summed E-state index contributed by atoms with van der Waals surface area (Å²) >= 11 is 0. The van der Waals surface area contributed by atoms with Crippen LogP contribution in [-0.4, -0.2) is 8.42 Å². The molecule has 0 saturated carbocycles. The third kappa shape index (κ3) is 3.37. The average molecular weight is 299 g/mol. The van der Waals surface area contributed by atoms with Gasteiger partial charge in [-0.15, -0.1) is 0 Å². The zero-order valence-electron chi connectivity index (χ0n) is 10.6. The molecule has 0 aliphatic carbocycles. The van der Waals surface area contributed by atoms with E-state index in [-0.39, 0.29) is 10.5 Å². The molecule has 0 atom stereocenters. The lowest BCUT2D eigenvalue weighted by atomic mass is 10.2. The van der Waals surface area contributed by atoms with Gasteiger partial charge >= 0.3 is 0 Å². The van der Waals surface area contributed by atoms with Crippen LogP contribution in [0, 0.1) is 22.7 Å². The van der Waals surface area contributed by atoms with Gasteiger partial charge in [-0.2, -0.15) is 10.5 Å². The number of allylic oxidation sites excluding steroid dienone is 1. The summed E-state index contributed by atoms with van der Waals surface area (Å²) in [6, 6.07) is 12.6. The minimum absolute atomic E-state index is 0.00849. The van der Waals surface area contributed by atoms with Crippen molar-refractivity contribution >= 4 is 16.1 Å². The second-order valence-electron chi connectivity index (χ2n) is 4.05. The van der Waals surface area contributed by atoms with Crippen LogP contribution in [0.2, 0.25) is 0 Å². The Morgan fingerprint density at radius 3 is 2.24 bits per heavy atom. The molecule has 1 aromatic heterocycles. The fraction of sp³-hybridized carbons (Fsp3) is 0. The smallest absolute Gasteiger partial charge is 0.238 e. The van der Waals surface area contributed by atoms with Crippen LogP contribution in [0.15, 0.2) is 51.3 Å². The summed E-state index contributed by atoms with van der Waals surface area (Å²) in [4.78, 5) is 0.00849. The average Bonchev–Trinajstić information content (AvgIpc) is 2.92. The number of hydrogen-bond donors (Lipinski definition) is 1. The van der Waals surface area contributed by atoms with Crippen LogP contribution in [0.4, 0.5) is 0 Å². The topological polar surface area (TPSA) is 121 Å². The molecule has 2 aromatic rings. The van der Waals surface area contributed by atoms with E-state index < -0.39 is 10.0 Å². The zero-order chi connectivity index (χ0) is 15.5. The minimum Gasteiger partial charge on any atom is -0.457 e. The number of furan rings is 1. The lowest BCUT2D eigenvalue weighted by Gasteiger charge is -2.00. The van der Waals surface area contributed by atoms with Crippen molar-refractivity contribution in [1.82, 2.24) is 0 Å². The highest BCUT2D eigenvalue weighted by atomic mass is 32.2. The van der Waals surface area contributed by atoms with Gasteiger partial charge in [-0.05, 0) is 36.4 Å². The number of nitrogens with zero attached hydrogens (tertiary/aromatic N) is 2. The van der Waals surface area contributed by atoms with E-state index in [1.54, 1.807) is 36.4 Å². The number of primary sulfonamides is 1. The SMILES string of the molecule is N#CC(C#N)=Cc1ccc(-c2ccc(S(N)(=O)=O)cc2)o1. The standard InChI is InChI=1S/C14H9N3O3S/c15-8-10(9-16)7-12-3-6-14(20-12)11-1-4-13(5-2-11)21(17,18)19/h1-7H,(H2,17,18,19). The van der Waals surface area contributed by atoms with Gasteiger partial charge in [0.25, 0.3) is 0 Å². The third-order valence-electron chi connectivity index (χ3n) is 2.62. The van der Waals surface area contributed by atoms with Gasteiger partial charge in [-0.25, -0.2) is 13.6 Å². The molecular formula is C14H9N3O3S. The number of rotatable bonds is 3. The van der Waals surface area contributed by atoms with Crippen LogP contribution in [0.5, 0.6) is 0 Å². The van der Waals surface area contributed by atoms with E-state index in [1.807, 2.05) is 0 Å². The first kappa shape index (κ1) is 14.5. The van der Waals surface area contributed by atoms with E-state index in [0.29, 0.717) is 17.1 Å². The van der Waals surface area contributed by atoms with Crippen LogP contribution >= 0.6 is 0 Å². The van der Waals surface area contributed by atoms with E-state index in [0.717, 1.165) is 0 Å². The van der Waals surface area contributed by atoms with Gasteiger partial charge < -0.3 is 4.42 Å². The molecule has 2 N–H and O–H groups in total. The van der Waals surface area contributed by atoms with Gasteiger partial charge in [0.05, 0.1) is 4.90 Å². The van der Waals surface area contributed by atoms with Gasteiger partial charge in [-0.3, -0.25) is 0 Å². The largest absolute Gasteiger partial charge is 0.457 e. The fourth-order valence-corrected chi connectivity index (χ4v) is 2.14. The first-order valence-corrected chi connectivity index (χ1v) is 7.23. The Labute approximate surface area is 121 Å². The van der Waals surface area contributed by atoms with Gasteiger partial charge in [0.1, 0.15) is 29.2 Å². The van der Waals surface area contributed by atoms with Crippen molar-refractivity contribution in [1.29, 1.82) is 10.5 Å². The molecule has 0 saturated heterocycles. The number of nitriles is 2. The number of sulfonamides is 1. The summed E-state index contributed by atoms with van der Waals surface area (Å²) in [5.74, 6) is 0.844. The molecule has 104 valence electrons. The lowest BCUT2D eigenvalue weighted by Crippen LogP contribution is -2.11. The molecule has 1 aromatic carbocycles. The van der Waals surface area contributed by atoms with Crippen molar-refractivity contribution in [2.75, 3.05) is 0 Å². The Balaban J connectivity index is 2.33. The molecule has 1 heterocycles. The molecule has 7 heteroatoms. The van der Waals surface area contributed by atoms with Crippen LogP contribution in [-0.2, 0) is 10.0 Å². The Morgan fingerprint density at radius 2 is 1.71 bits per heavy atom. The Hall–Kier alpha value is -2.87. The minimum atomic E-state index is -3.73. The molecule has 0 radical (unpaired) electrons. The maximum Gasteiger partial charge on any atom is 0.238 e. The highest BCUT2D eigenvalue weighted by Crippen LogP contribution is 2.24. The van der Waals surface area contributed by atoms with Crippen LogP contribution in [0.1, 0.15) is 5.76 Å². The molecular weight excluding hydrogens is 290 g/mol. The van der Waals surface area contributed by atoms with Crippen LogP contribution < -0.4 is 5.14 Å². The van der Waals surface area contributed by atoms with Gasteiger partial charge in [0.15, 0.2) is 0 Å². The summed E-state index contributed by atoms with van der Waals surface area (Å²) in [5, 5.41) is 22.3. The molecule has 0 amide bonds. The monoisotopic (exact) mass is 299 g/mol. The number of benzene rings is 1. The lowest BCUT2D eigenvalue weighted by molar-refractivity contribution is 0.571. The van der Waals surface area contributed by atoms with Gasteiger partial charge in [0.2, 0.25) is 10.0 Å². The van der Waals surface area contributed by atoms with E-state index in [9.17, 15) is 8.42 Å². The summed E-state index contributed by atoms with van der Waals surface area (Å²) in [6.45, 7) is 0. The van der Waals surface area contributed by atoms with E-state index in [2.05, 4.69) is 0 Å². The predicted molar refractivity (Wildman–Crippen MR) is 74.7 cm³/mol. The van der Waals surface area contributed by atoms with E-state index >= 15 is 0 Å². The molecule has 2 rings (SSSR count). The number of hydrogen-bond acceptors (Lipinski definition) is 5. The molecule has 0 unspecified atom stereocenters. The van der Waals surface area contributed by atoms with E-state index in [1.165, 1.54) is 18.2 Å². The molecule has 0 bridgehead atoms. The highest BCUT2D eigenvalue weighted by molar-refractivity contribution is 7.89. The Morgan fingerprint density at radius 1 is 1.10 bits per heavy atom. The first-order valence-electron chi connectivity index (χ1n) is 5.69. The fourth-order valence-electron chi connectivity index (χ4n) is 1.63. The highest BCUT2D eigenvalue weighted by Gasteiger charge is 2.09. The molecule has 0 fully saturated rings. The second-order valence-corrected chi connectivity index (χ2v) is 5.61. The Kier molecular flexibility index (Phi) is 3.90. The zero-order valence-corrected chi connectivity index (χ0v) is 11.5. The summed E-state index contributed by atoms with van der Waals surface area (Å²) in [5.41, 5.74) is 0.581. The summed E-state index contributed by atoms with van der Waals surface area (Å²) in [6.07, 6.45) is 1.32. The quantitative estimate of drug-likeness (QED) is 0.869. The number of nitrogens with two attached hydrogens (primary N) is 1. The van der Waals surface area contributed by atoms with Crippen LogP contribution in [0.3, 0.4) is 0 Å². The summed E-state index contributed by atoms with van der Waals surface area (Å²) in [7, 11) is -3.73. The maximum absolute atomic E-state index is 11.2. The molecule has 21 heavy (non-hydrogen) atoms. The van der Waals surface area contributed by atoms with Crippen molar-refractivity contribution in [2.45, 2.75) is 4.90 Å². The predicted octanol–water partition coefficient (Wildman–Crippen LogP) is 2.02.